The summed E-state index contributed by atoms with van der Waals surface area (Å²) in [4.78, 5) is 8.03. The Balaban J connectivity index is 2.27. The Morgan fingerprint density at radius 2 is 2.38 bits per heavy atom. The summed E-state index contributed by atoms with van der Waals surface area (Å²) in [6.45, 7) is 0.141. The van der Waals surface area contributed by atoms with Crippen molar-refractivity contribution in [3.63, 3.8) is 0 Å². The minimum absolute atomic E-state index is 0.0250. The fourth-order valence-electron chi connectivity index (χ4n) is 0.802. The topological polar surface area (TPSA) is 72.0 Å². The van der Waals surface area contributed by atoms with Gasteiger partial charge in [0.25, 0.3) is 0 Å². The lowest BCUT2D eigenvalue weighted by Crippen LogP contribution is -2.23. The van der Waals surface area contributed by atoms with Crippen LogP contribution in [-0.4, -0.2) is 33.5 Å². The zero-order valence-corrected chi connectivity index (χ0v) is 8.07. The molecule has 72 valence electrons. The van der Waals surface area contributed by atoms with Crippen molar-refractivity contribution in [3.8, 4) is 0 Å². The predicted molar refractivity (Wildman–Crippen MR) is 52.4 cm³/mol. The van der Waals surface area contributed by atoms with E-state index in [1.807, 2.05) is 0 Å². The monoisotopic (exact) mass is 199 g/mol. The molecular formula is C8H13N3OS. The first-order valence-corrected chi connectivity index (χ1v) is 5.06. The van der Waals surface area contributed by atoms with Crippen molar-refractivity contribution in [2.24, 2.45) is 5.73 Å². The molecule has 0 amide bonds. The van der Waals surface area contributed by atoms with Crippen LogP contribution in [0, 0.1) is 0 Å². The summed E-state index contributed by atoms with van der Waals surface area (Å²) in [5.41, 5.74) is 5.70. The summed E-state index contributed by atoms with van der Waals surface area (Å²) in [5, 5.41) is 9.49. The van der Waals surface area contributed by atoms with Gasteiger partial charge in [0.05, 0.1) is 6.20 Å². The first kappa shape index (κ1) is 10.4. The van der Waals surface area contributed by atoms with Crippen LogP contribution < -0.4 is 5.73 Å². The van der Waals surface area contributed by atoms with Crippen LogP contribution in [0.4, 0.5) is 0 Å². The zero-order chi connectivity index (χ0) is 9.52. The maximum atomic E-state index is 8.62. The van der Waals surface area contributed by atoms with Crippen LogP contribution in [0.15, 0.2) is 23.6 Å². The maximum absolute atomic E-state index is 8.62. The summed E-state index contributed by atoms with van der Waals surface area (Å²) in [7, 11) is 0. The van der Waals surface area contributed by atoms with Crippen LogP contribution in [0.5, 0.6) is 0 Å². The van der Waals surface area contributed by atoms with Gasteiger partial charge in [0, 0.05) is 30.8 Å². The normalized spacial score (nSPS) is 12.8. The Morgan fingerprint density at radius 3 is 3.00 bits per heavy atom. The molecule has 0 aliphatic rings. The van der Waals surface area contributed by atoms with E-state index in [-0.39, 0.29) is 12.6 Å². The summed E-state index contributed by atoms with van der Waals surface area (Å²) >= 11 is 1.56. The minimum atomic E-state index is 0.0250. The van der Waals surface area contributed by atoms with Crippen LogP contribution in [0.25, 0.3) is 0 Å². The molecular weight excluding hydrogens is 186 g/mol. The van der Waals surface area contributed by atoms with Gasteiger partial charge in [-0.3, -0.25) is 4.98 Å². The van der Waals surface area contributed by atoms with Crippen molar-refractivity contribution in [1.29, 1.82) is 0 Å². The number of hydrogen-bond donors (Lipinski definition) is 2. The van der Waals surface area contributed by atoms with Gasteiger partial charge in [-0.15, -0.1) is 11.8 Å². The predicted octanol–water partition coefficient (Wildman–Crippen LogP) is 0.278. The highest BCUT2D eigenvalue weighted by molar-refractivity contribution is 7.99. The summed E-state index contributed by atoms with van der Waals surface area (Å²) < 4.78 is 0. The van der Waals surface area contributed by atoms with E-state index in [4.69, 9.17) is 10.8 Å². The van der Waals surface area contributed by atoms with E-state index >= 15 is 0 Å². The SMILES string of the molecule is NC(CCO)CSc1cnccn1. The van der Waals surface area contributed by atoms with Crippen LogP contribution in [0.1, 0.15) is 6.42 Å². The van der Waals surface area contributed by atoms with Gasteiger partial charge in [-0.25, -0.2) is 4.98 Å². The minimum Gasteiger partial charge on any atom is -0.396 e. The first-order valence-electron chi connectivity index (χ1n) is 4.08. The van der Waals surface area contributed by atoms with E-state index in [0.29, 0.717) is 6.42 Å². The Labute approximate surface area is 81.6 Å². The van der Waals surface area contributed by atoms with Gasteiger partial charge in [-0.1, -0.05) is 0 Å². The Hall–Kier alpha value is -0.650. The van der Waals surface area contributed by atoms with Gasteiger partial charge in [-0.05, 0) is 6.42 Å². The average molecular weight is 199 g/mol. The number of aromatic nitrogens is 2. The lowest BCUT2D eigenvalue weighted by atomic mass is 10.3. The summed E-state index contributed by atoms with van der Waals surface area (Å²) in [6, 6.07) is 0.0250. The van der Waals surface area contributed by atoms with Gasteiger partial charge in [0.2, 0.25) is 0 Å². The van der Waals surface area contributed by atoms with E-state index in [1.165, 1.54) is 0 Å². The lowest BCUT2D eigenvalue weighted by molar-refractivity contribution is 0.279. The number of rotatable bonds is 5. The van der Waals surface area contributed by atoms with E-state index in [1.54, 1.807) is 30.4 Å². The quantitative estimate of drug-likeness (QED) is 0.666. The molecule has 1 aromatic heterocycles. The highest BCUT2D eigenvalue weighted by Gasteiger charge is 2.02. The molecule has 0 radical (unpaired) electrons. The van der Waals surface area contributed by atoms with Crippen LogP contribution in [-0.2, 0) is 0 Å². The fraction of sp³-hybridized carbons (Fsp3) is 0.500. The lowest BCUT2D eigenvalue weighted by Gasteiger charge is -2.07. The van der Waals surface area contributed by atoms with E-state index in [0.717, 1.165) is 10.8 Å². The van der Waals surface area contributed by atoms with Gasteiger partial charge >= 0.3 is 0 Å². The summed E-state index contributed by atoms with van der Waals surface area (Å²) in [5.74, 6) is 0.763. The van der Waals surface area contributed by atoms with Crippen molar-refractivity contribution in [1.82, 2.24) is 9.97 Å². The smallest absolute Gasteiger partial charge is 0.114 e. The second kappa shape index (κ2) is 5.90. The standard InChI is InChI=1S/C8H13N3OS/c9-7(1-4-12)6-13-8-5-10-2-3-11-8/h2-3,5,7,12H,1,4,6,9H2. The highest BCUT2D eigenvalue weighted by atomic mass is 32.2. The number of aliphatic hydroxyl groups excluding tert-OH is 1. The molecule has 1 heterocycles. The molecule has 0 spiro atoms. The second-order valence-electron chi connectivity index (χ2n) is 2.63. The van der Waals surface area contributed by atoms with Gasteiger partial charge in [0.1, 0.15) is 5.03 Å². The third kappa shape index (κ3) is 4.21. The molecule has 1 atom stereocenters. The molecule has 4 nitrogen and oxygen atoms in total. The molecule has 0 fully saturated rings. The Morgan fingerprint density at radius 1 is 1.54 bits per heavy atom. The van der Waals surface area contributed by atoms with Crippen LogP contribution >= 0.6 is 11.8 Å². The molecule has 0 aliphatic heterocycles. The van der Waals surface area contributed by atoms with Gasteiger partial charge < -0.3 is 10.8 Å². The molecule has 0 bridgehead atoms. The van der Waals surface area contributed by atoms with E-state index in [9.17, 15) is 0 Å². The highest BCUT2D eigenvalue weighted by Crippen LogP contribution is 2.13. The molecule has 0 saturated heterocycles. The van der Waals surface area contributed by atoms with Crippen molar-refractivity contribution in [2.45, 2.75) is 17.5 Å². The van der Waals surface area contributed by atoms with Crippen molar-refractivity contribution >= 4 is 11.8 Å². The van der Waals surface area contributed by atoms with Crippen molar-refractivity contribution in [2.75, 3.05) is 12.4 Å². The molecule has 0 aromatic carbocycles. The third-order valence-corrected chi connectivity index (χ3v) is 2.59. The van der Waals surface area contributed by atoms with E-state index < -0.39 is 0 Å². The van der Waals surface area contributed by atoms with Crippen molar-refractivity contribution in [3.05, 3.63) is 18.6 Å². The van der Waals surface area contributed by atoms with Crippen LogP contribution in [0.3, 0.4) is 0 Å². The second-order valence-corrected chi connectivity index (χ2v) is 3.67. The molecule has 0 saturated carbocycles. The number of aliphatic hydroxyl groups is 1. The number of nitrogens with two attached hydrogens (primary N) is 1. The van der Waals surface area contributed by atoms with E-state index in [2.05, 4.69) is 9.97 Å². The molecule has 5 heteroatoms. The third-order valence-electron chi connectivity index (χ3n) is 1.48. The molecule has 13 heavy (non-hydrogen) atoms. The van der Waals surface area contributed by atoms with Crippen LogP contribution in [0.2, 0.25) is 0 Å². The molecule has 1 unspecified atom stereocenters. The van der Waals surface area contributed by atoms with Gasteiger partial charge in [0.15, 0.2) is 0 Å². The largest absolute Gasteiger partial charge is 0.396 e. The maximum Gasteiger partial charge on any atom is 0.114 e. The summed E-state index contributed by atoms with van der Waals surface area (Å²) in [6.07, 6.45) is 5.63. The number of hydrogen-bond acceptors (Lipinski definition) is 5. The van der Waals surface area contributed by atoms with Gasteiger partial charge in [-0.2, -0.15) is 0 Å². The zero-order valence-electron chi connectivity index (χ0n) is 7.26. The number of thioether (sulfide) groups is 1. The Kier molecular flexibility index (Phi) is 4.74. The first-order chi connectivity index (χ1) is 6.33. The average Bonchev–Trinajstić information content (AvgIpc) is 2.17. The molecule has 0 aliphatic carbocycles. The molecule has 3 N–H and O–H groups in total. The molecule has 1 aromatic rings. The molecule has 1 rings (SSSR count). The Bertz CT molecular complexity index is 232. The van der Waals surface area contributed by atoms with Crippen molar-refractivity contribution < 1.29 is 5.11 Å². The fourth-order valence-corrected chi connectivity index (χ4v) is 1.62. The number of nitrogens with zero attached hydrogens (tertiary/aromatic N) is 2.